The zero-order valence-electron chi connectivity index (χ0n) is 11.8. The molecule has 0 saturated heterocycles. The number of ether oxygens (including phenoxy) is 2. The molecule has 2 rings (SSSR count). The Morgan fingerprint density at radius 3 is 2.40 bits per heavy atom. The molecule has 0 unspecified atom stereocenters. The molecule has 0 N–H and O–H groups in total. The molecule has 0 fully saturated rings. The maximum absolute atomic E-state index is 11.9. The molecule has 4 heteroatoms. The maximum atomic E-state index is 11.9. The van der Waals surface area contributed by atoms with E-state index in [1.165, 1.54) is 6.08 Å². The van der Waals surface area contributed by atoms with Crippen molar-refractivity contribution in [3.05, 3.63) is 48.0 Å². The molecular formula is C16H18O4. The molecule has 4 nitrogen and oxygen atoms in total. The molecule has 1 aromatic rings. The average Bonchev–Trinajstić information content (AvgIpc) is 2.69. The van der Waals surface area contributed by atoms with Crippen molar-refractivity contribution in [1.82, 2.24) is 0 Å². The zero-order valence-corrected chi connectivity index (χ0v) is 11.8. The van der Waals surface area contributed by atoms with Gasteiger partial charge in [-0.2, -0.15) is 0 Å². The molecule has 0 bridgehead atoms. The van der Waals surface area contributed by atoms with E-state index < -0.39 is 23.8 Å². The number of carbonyl (C=O) groups excluding carboxylic acids is 2. The Morgan fingerprint density at radius 2 is 1.80 bits per heavy atom. The van der Waals surface area contributed by atoms with Gasteiger partial charge in [0, 0.05) is 0 Å². The number of carbonyl (C=O) groups is 2. The number of hydrogen-bond acceptors (Lipinski definition) is 4. The van der Waals surface area contributed by atoms with E-state index in [1.807, 2.05) is 30.3 Å². The molecule has 20 heavy (non-hydrogen) atoms. The van der Waals surface area contributed by atoms with Crippen molar-refractivity contribution < 1.29 is 19.1 Å². The third-order valence-electron chi connectivity index (χ3n) is 2.87. The molecule has 0 aromatic heterocycles. The fourth-order valence-corrected chi connectivity index (χ4v) is 2.07. The van der Waals surface area contributed by atoms with E-state index in [0.717, 1.165) is 5.56 Å². The van der Waals surface area contributed by atoms with Crippen LogP contribution >= 0.6 is 0 Å². The Morgan fingerprint density at radius 1 is 1.15 bits per heavy atom. The molecular weight excluding hydrogens is 256 g/mol. The van der Waals surface area contributed by atoms with Crippen molar-refractivity contribution in [3.8, 4) is 0 Å². The summed E-state index contributed by atoms with van der Waals surface area (Å²) in [5, 5.41) is 0. The summed E-state index contributed by atoms with van der Waals surface area (Å²) in [5.41, 5.74) is 0.210. The Kier molecular flexibility index (Phi) is 3.93. The van der Waals surface area contributed by atoms with E-state index in [2.05, 4.69) is 0 Å². The first kappa shape index (κ1) is 14.3. The molecule has 1 aliphatic rings. The smallest absolute Gasteiger partial charge is 0.429 e. The molecule has 0 aliphatic heterocycles. The van der Waals surface area contributed by atoms with Gasteiger partial charge in [0.2, 0.25) is 0 Å². The van der Waals surface area contributed by atoms with Crippen LogP contribution in [0.5, 0.6) is 0 Å². The van der Waals surface area contributed by atoms with Gasteiger partial charge in [-0.05, 0) is 38.5 Å². The summed E-state index contributed by atoms with van der Waals surface area (Å²) < 4.78 is 10.4. The minimum absolute atomic E-state index is 0.0650. The first-order chi connectivity index (χ1) is 9.37. The molecule has 2 atom stereocenters. The summed E-state index contributed by atoms with van der Waals surface area (Å²) in [7, 11) is 0. The van der Waals surface area contributed by atoms with E-state index in [0.29, 0.717) is 0 Å². The third kappa shape index (κ3) is 3.47. The van der Waals surface area contributed by atoms with Crippen LogP contribution in [0.3, 0.4) is 0 Å². The fourth-order valence-electron chi connectivity index (χ4n) is 2.07. The fraction of sp³-hybridized carbons (Fsp3) is 0.375. The monoisotopic (exact) mass is 274 g/mol. The topological polar surface area (TPSA) is 52.6 Å². The van der Waals surface area contributed by atoms with Crippen LogP contribution in [0.25, 0.3) is 0 Å². The maximum Gasteiger partial charge on any atom is 0.509 e. The van der Waals surface area contributed by atoms with Crippen LogP contribution in [0.2, 0.25) is 0 Å². The second-order valence-corrected chi connectivity index (χ2v) is 5.70. The number of rotatable bonds is 2. The van der Waals surface area contributed by atoms with Crippen molar-refractivity contribution in [2.24, 2.45) is 0 Å². The lowest BCUT2D eigenvalue weighted by molar-refractivity contribution is -0.117. The van der Waals surface area contributed by atoms with Crippen molar-refractivity contribution in [3.63, 3.8) is 0 Å². The van der Waals surface area contributed by atoms with Gasteiger partial charge in [0.25, 0.3) is 0 Å². The minimum atomic E-state index is -0.761. The minimum Gasteiger partial charge on any atom is -0.429 e. The molecule has 0 amide bonds. The number of hydrogen-bond donors (Lipinski definition) is 0. The normalized spacial score (nSPS) is 21.9. The Bertz CT molecular complexity index is 525. The average molecular weight is 274 g/mol. The van der Waals surface area contributed by atoms with E-state index in [4.69, 9.17) is 9.47 Å². The lowest BCUT2D eigenvalue weighted by atomic mass is 9.94. The molecule has 1 aliphatic carbocycles. The van der Waals surface area contributed by atoms with Crippen molar-refractivity contribution in [2.75, 3.05) is 0 Å². The Labute approximate surface area is 118 Å². The summed E-state index contributed by atoms with van der Waals surface area (Å²) in [6, 6.07) is 9.28. The highest BCUT2D eigenvalue weighted by molar-refractivity contribution is 5.99. The zero-order chi connectivity index (χ0) is 14.8. The van der Waals surface area contributed by atoms with Gasteiger partial charge in [-0.1, -0.05) is 30.3 Å². The lowest BCUT2D eigenvalue weighted by Gasteiger charge is -2.23. The molecule has 0 spiro atoms. The van der Waals surface area contributed by atoms with Crippen molar-refractivity contribution >= 4 is 11.9 Å². The van der Waals surface area contributed by atoms with Gasteiger partial charge >= 0.3 is 6.16 Å². The quantitative estimate of drug-likeness (QED) is 0.777. The van der Waals surface area contributed by atoms with E-state index in [-0.39, 0.29) is 5.78 Å². The standard InChI is InChI=1S/C16H18O4/c1-16(2,3)20-15(18)19-13-10-9-12(17)14(13)11-7-5-4-6-8-11/h4-10,13-14H,1-3H3/t13-,14-/m0/s1. The van der Waals surface area contributed by atoms with Crippen LogP contribution in [0.4, 0.5) is 4.79 Å². The summed E-state index contributed by atoms with van der Waals surface area (Å²) >= 11 is 0. The highest BCUT2D eigenvalue weighted by atomic mass is 16.7. The summed E-state index contributed by atoms with van der Waals surface area (Å²) in [6.45, 7) is 5.29. The SMILES string of the molecule is CC(C)(C)OC(=O)O[C@H]1C=CC(=O)[C@@H]1c1ccccc1. The summed E-state index contributed by atoms with van der Waals surface area (Å²) in [4.78, 5) is 23.6. The third-order valence-corrected chi connectivity index (χ3v) is 2.87. The molecule has 106 valence electrons. The van der Waals surface area contributed by atoms with Crippen LogP contribution < -0.4 is 0 Å². The molecule has 0 saturated carbocycles. The van der Waals surface area contributed by atoms with Crippen molar-refractivity contribution in [2.45, 2.75) is 38.4 Å². The predicted octanol–water partition coefficient (Wildman–Crippen LogP) is 3.23. The van der Waals surface area contributed by atoms with Crippen LogP contribution in [-0.2, 0) is 14.3 Å². The van der Waals surface area contributed by atoms with E-state index >= 15 is 0 Å². The summed E-state index contributed by atoms with van der Waals surface area (Å²) in [6.07, 6.45) is 1.68. The summed E-state index contributed by atoms with van der Waals surface area (Å²) in [5.74, 6) is -0.548. The van der Waals surface area contributed by atoms with Gasteiger partial charge in [-0.3, -0.25) is 4.79 Å². The van der Waals surface area contributed by atoms with Crippen molar-refractivity contribution in [1.29, 1.82) is 0 Å². The Balaban J connectivity index is 2.09. The van der Waals surface area contributed by atoms with E-state index in [9.17, 15) is 9.59 Å². The van der Waals surface area contributed by atoms with Gasteiger partial charge in [0.05, 0.1) is 5.92 Å². The second-order valence-electron chi connectivity index (χ2n) is 5.70. The Hall–Kier alpha value is -2.10. The molecule has 0 radical (unpaired) electrons. The predicted molar refractivity (Wildman–Crippen MR) is 74.4 cm³/mol. The lowest BCUT2D eigenvalue weighted by Crippen LogP contribution is -2.29. The highest BCUT2D eigenvalue weighted by Crippen LogP contribution is 2.29. The number of allylic oxidation sites excluding steroid dienone is 1. The first-order valence-corrected chi connectivity index (χ1v) is 6.53. The van der Waals surface area contributed by atoms with E-state index in [1.54, 1.807) is 26.8 Å². The van der Waals surface area contributed by atoms with Gasteiger partial charge < -0.3 is 9.47 Å². The van der Waals surface area contributed by atoms with Crippen LogP contribution in [0.15, 0.2) is 42.5 Å². The van der Waals surface area contributed by atoms with Crippen LogP contribution in [0.1, 0.15) is 32.3 Å². The van der Waals surface area contributed by atoms with Gasteiger partial charge in [-0.25, -0.2) is 4.79 Å². The highest BCUT2D eigenvalue weighted by Gasteiger charge is 2.35. The molecule has 0 heterocycles. The van der Waals surface area contributed by atoms with Crippen LogP contribution in [0, 0.1) is 0 Å². The van der Waals surface area contributed by atoms with Gasteiger partial charge in [0.1, 0.15) is 11.7 Å². The number of benzene rings is 1. The van der Waals surface area contributed by atoms with Gasteiger partial charge in [-0.15, -0.1) is 0 Å². The number of ketones is 1. The molecule has 1 aromatic carbocycles. The van der Waals surface area contributed by atoms with Gasteiger partial charge in [0.15, 0.2) is 5.78 Å². The largest absolute Gasteiger partial charge is 0.509 e. The second kappa shape index (κ2) is 5.49. The first-order valence-electron chi connectivity index (χ1n) is 6.53. The van der Waals surface area contributed by atoms with Crippen LogP contribution in [-0.4, -0.2) is 23.6 Å².